The molecule has 5 rings (SSSR count). The third-order valence-corrected chi connectivity index (χ3v) is 8.00. The summed E-state index contributed by atoms with van der Waals surface area (Å²) in [5.41, 5.74) is 2.42. The Morgan fingerprint density at radius 1 is 1.11 bits per heavy atom. The quantitative estimate of drug-likeness (QED) is 0.501. The molecule has 9 nitrogen and oxygen atoms in total. The first-order chi connectivity index (χ1) is 17.6. The molecular formula is C27H38N6O3. The molecule has 1 aromatic heterocycles. The van der Waals surface area contributed by atoms with Gasteiger partial charge in [0.05, 0.1) is 18.3 Å². The smallest absolute Gasteiger partial charge is 0.319 e. The number of nitrogens with one attached hydrogen (secondary N) is 1. The number of methoxy groups -OCH3 is 1. The van der Waals surface area contributed by atoms with Crippen LogP contribution in [0.5, 0.6) is 11.8 Å². The van der Waals surface area contributed by atoms with Gasteiger partial charge in [-0.3, -0.25) is 9.69 Å². The van der Waals surface area contributed by atoms with Crippen LogP contribution in [0.25, 0.3) is 0 Å². The molecule has 0 spiro atoms. The number of ether oxygens (including phenoxy) is 2. The molecule has 3 aliphatic rings. The van der Waals surface area contributed by atoms with Crippen LogP contribution in [0.4, 0.5) is 11.5 Å². The lowest BCUT2D eigenvalue weighted by Gasteiger charge is -2.32. The number of piperazine rings is 1. The van der Waals surface area contributed by atoms with Gasteiger partial charge < -0.3 is 24.6 Å². The van der Waals surface area contributed by atoms with Crippen molar-refractivity contribution in [3.8, 4) is 11.8 Å². The Labute approximate surface area is 213 Å². The Bertz CT molecular complexity index is 1050. The van der Waals surface area contributed by atoms with Crippen LogP contribution >= 0.6 is 0 Å². The summed E-state index contributed by atoms with van der Waals surface area (Å²) in [6.45, 7) is 7.02. The lowest BCUT2D eigenvalue weighted by Crippen LogP contribution is -2.45. The van der Waals surface area contributed by atoms with Crippen LogP contribution in [0.3, 0.4) is 0 Å². The van der Waals surface area contributed by atoms with Gasteiger partial charge in [0.2, 0.25) is 0 Å². The predicted molar refractivity (Wildman–Crippen MR) is 141 cm³/mol. The van der Waals surface area contributed by atoms with E-state index >= 15 is 0 Å². The van der Waals surface area contributed by atoms with Crippen molar-refractivity contribution in [2.45, 2.75) is 37.6 Å². The number of nitrogens with zero attached hydrogens (tertiary/aromatic N) is 5. The minimum Gasteiger partial charge on any atom is -0.495 e. The van der Waals surface area contributed by atoms with Gasteiger partial charge in [-0.15, -0.1) is 0 Å². The van der Waals surface area contributed by atoms with Crippen LogP contribution in [0.2, 0.25) is 0 Å². The van der Waals surface area contributed by atoms with Crippen LogP contribution in [-0.2, 0) is 6.42 Å². The van der Waals surface area contributed by atoms with E-state index in [-0.39, 0.29) is 5.54 Å². The van der Waals surface area contributed by atoms with E-state index in [0.717, 1.165) is 81.2 Å². The van der Waals surface area contributed by atoms with E-state index in [2.05, 4.69) is 25.0 Å². The molecule has 3 fully saturated rings. The number of benzene rings is 1. The molecule has 0 unspecified atom stereocenters. The second-order valence-corrected chi connectivity index (χ2v) is 10.1. The first kappa shape index (κ1) is 24.8. The third kappa shape index (κ3) is 4.99. The summed E-state index contributed by atoms with van der Waals surface area (Å²) in [6.07, 6.45) is 6.24. The Kier molecular flexibility index (Phi) is 7.57. The van der Waals surface area contributed by atoms with Gasteiger partial charge in [-0.1, -0.05) is 12.1 Å². The molecule has 0 atom stereocenters. The van der Waals surface area contributed by atoms with Crippen molar-refractivity contribution in [2.75, 3.05) is 76.4 Å². The second-order valence-electron chi connectivity index (χ2n) is 10.1. The number of carbonyl (C=O) groups is 1. The van der Waals surface area contributed by atoms with Crippen molar-refractivity contribution in [1.29, 1.82) is 0 Å². The standard InChI is InChI=1S/C27H38N6O3/c1-31(23-7-3-4-8-24(23)35-2)16-9-21-22(19-34)29-26(30-25(21)32-17-12-28-13-18-32)36-20-27-10-5-14-33(27)15-6-11-27/h3-4,7-8,19,28H,5-6,9-18,20H2,1-2H3. The molecule has 3 aliphatic heterocycles. The number of carbonyl (C=O) groups excluding carboxylic acids is 1. The number of para-hydroxylation sites is 2. The largest absolute Gasteiger partial charge is 0.495 e. The fraction of sp³-hybridized carbons (Fsp3) is 0.593. The molecular weight excluding hydrogens is 456 g/mol. The van der Waals surface area contributed by atoms with Crippen LogP contribution in [-0.4, -0.2) is 93.3 Å². The summed E-state index contributed by atoms with van der Waals surface area (Å²) in [6, 6.07) is 8.28. The van der Waals surface area contributed by atoms with E-state index in [4.69, 9.17) is 14.5 Å². The van der Waals surface area contributed by atoms with Gasteiger partial charge in [-0.25, -0.2) is 0 Å². The molecule has 0 aliphatic carbocycles. The highest BCUT2D eigenvalue weighted by atomic mass is 16.5. The van der Waals surface area contributed by atoms with Gasteiger partial charge in [0, 0.05) is 45.3 Å². The fourth-order valence-corrected chi connectivity index (χ4v) is 6.01. The zero-order chi connectivity index (χ0) is 25.0. The SMILES string of the molecule is COc1ccccc1N(C)CCc1c(C=O)nc(OCC23CCCN2CCC3)nc1N1CCNCC1. The van der Waals surface area contributed by atoms with Crippen LogP contribution in [0, 0.1) is 0 Å². The summed E-state index contributed by atoms with van der Waals surface area (Å²) >= 11 is 0. The number of aromatic nitrogens is 2. The normalized spacial score (nSPS) is 19.2. The maximum Gasteiger partial charge on any atom is 0.319 e. The van der Waals surface area contributed by atoms with Crippen molar-refractivity contribution in [1.82, 2.24) is 20.2 Å². The van der Waals surface area contributed by atoms with Crippen LogP contribution < -0.4 is 24.6 Å². The molecule has 4 heterocycles. The molecule has 1 N–H and O–H groups in total. The van der Waals surface area contributed by atoms with Crippen molar-refractivity contribution >= 4 is 17.8 Å². The van der Waals surface area contributed by atoms with E-state index in [1.165, 1.54) is 12.8 Å². The number of rotatable bonds is 10. The Morgan fingerprint density at radius 3 is 2.58 bits per heavy atom. The zero-order valence-corrected chi connectivity index (χ0v) is 21.5. The summed E-state index contributed by atoms with van der Waals surface area (Å²) < 4.78 is 11.8. The molecule has 9 heteroatoms. The number of aldehydes is 1. The van der Waals surface area contributed by atoms with E-state index in [9.17, 15) is 4.79 Å². The Hall–Kier alpha value is -2.91. The highest BCUT2D eigenvalue weighted by Gasteiger charge is 2.45. The lowest BCUT2D eigenvalue weighted by atomic mass is 9.95. The van der Waals surface area contributed by atoms with Crippen LogP contribution in [0.1, 0.15) is 41.7 Å². The molecule has 0 saturated carbocycles. The number of fused-ring (bicyclic) bond motifs is 1. The van der Waals surface area contributed by atoms with Gasteiger partial charge in [-0.05, 0) is 57.3 Å². The average Bonchev–Trinajstić information content (AvgIpc) is 3.51. The predicted octanol–water partition coefficient (Wildman–Crippen LogP) is 2.39. The monoisotopic (exact) mass is 494 g/mol. The Balaban J connectivity index is 1.39. The summed E-state index contributed by atoms with van der Waals surface area (Å²) in [5.74, 6) is 1.65. The first-order valence-electron chi connectivity index (χ1n) is 13.2. The molecule has 0 radical (unpaired) electrons. The van der Waals surface area contributed by atoms with Gasteiger partial charge >= 0.3 is 6.01 Å². The van der Waals surface area contributed by atoms with E-state index < -0.39 is 0 Å². The molecule has 3 saturated heterocycles. The fourth-order valence-electron chi connectivity index (χ4n) is 6.01. The molecule has 1 aromatic carbocycles. The number of anilines is 2. The molecule has 0 amide bonds. The minimum absolute atomic E-state index is 0.107. The Morgan fingerprint density at radius 2 is 1.86 bits per heavy atom. The van der Waals surface area contributed by atoms with Gasteiger partial charge in [0.25, 0.3) is 0 Å². The van der Waals surface area contributed by atoms with Crippen molar-refractivity contribution < 1.29 is 14.3 Å². The maximum atomic E-state index is 12.3. The highest BCUT2D eigenvalue weighted by molar-refractivity contribution is 5.77. The molecule has 194 valence electrons. The number of hydrogen-bond acceptors (Lipinski definition) is 9. The lowest BCUT2D eigenvalue weighted by molar-refractivity contribution is 0.106. The zero-order valence-electron chi connectivity index (χ0n) is 21.5. The molecule has 36 heavy (non-hydrogen) atoms. The van der Waals surface area contributed by atoms with Gasteiger partial charge in [0.1, 0.15) is 23.9 Å². The number of hydrogen-bond donors (Lipinski definition) is 1. The van der Waals surface area contributed by atoms with Crippen molar-refractivity contribution in [3.63, 3.8) is 0 Å². The van der Waals surface area contributed by atoms with Crippen molar-refractivity contribution in [3.05, 3.63) is 35.5 Å². The van der Waals surface area contributed by atoms with Crippen molar-refractivity contribution in [2.24, 2.45) is 0 Å². The van der Waals surface area contributed by atoms with E-state index in [1.807, 2.05) is 31.3 Å². The van der Waals surface area contributed by atoms with Gasteiger partial charge in [-0.2, -0.15) is 9.97 Å². The summed E-state index contributed by atoms with van der Waals surface area (Å²) in [5, 5.41) is 3.40. The minimum atomic E-state index is 0.107. The molecule has 2 aromatic rings. The third-order valence-electron chi connectivity index (χ3n) is 8.00. The summed E-state index contributed by atoms with van der Waals surface area (Å²) in [7, 11) is 3.72. The number of likely N-dealkylation sites (N-methyl/N-ethyl adjacent to an activating group) is 1. The second kappa shape index (κ2) is 11.0. The summed E-state index contributed by atoms with van der Waals surface area (Å²) in [4.78, 5) is 28.7. The topological polar surface area (TPSA) is 83.1 Å². The molecule has 0 bridgehead atoms. The first-order valence-corrected chi connectivity index (χ1v) is 13.2. The average molecular weight is 495 g/mol. The van der Waals surface area contributed by atoms with Crippen LogP contribution in [0.15, 0.2) is 24.3 Å². The highest BCUT2D eigenvalue weighted by Crippen LogP contribution is 2.39. The van der Waals surface area contributed by atoms with E-state index in [0.29, 0.717) is 31.3 Å². The van der Waals surface area contributed by atoms with E-state index in [1.54, 1.807) is 7.11 Å². The maximum absolute atomic E-state index is 12.3. The van der Waals surface area contributed by atoms with Gasteiger partial charge in [0.15, 0.2) is 6.29 Å².